The monoisotopic (exact) mass is 522 g/mol. The molecular weight excluding hydrogens is 504 g/mol. The summed E-state index contributed by atoms with van der Waals surface area (Å²) < 4.78 is 2.75. The number of rotatable bonds is 3. The van der Waals surface area contributed by atoms with Crippen molar-refractivity contribution in [3.05, 3.63) is 73.3 Å². The van der Waals surface area contributed by atoms with E-state index >= 15 is 0 Å². The van der Waals surface area contributed by atoms with Gasteiger partial charge in [-0.25, -0.2) is 9.69 Å². The van der Waals surface area contributed by atoms with E-state index in [1.807, 2.05) is 38.3 Å². The first-order valence-electron chi connectivity index (χ1n) is 10.0. The van der Waals surface area contributed by atoms with E-state index in [-0.39, 0.29) is 5.57 Å². The SMILES string of the molecule is Cc1sc(-n2c(C)cc(/C=C3\C(=O)NC(=O)N(c4ccc(Br)cc4)C3=O)c2C)c(C#N)c1C. The van der Waals surface area contributed by atoms with Gasteiger partial charge in [0.15, 0.2) is 0 Å². The molecule has 3 heterocycles. The minimum atomic E-state index is -0.793. The molecule has 1 N–H and O–H groups in total. The summed E-state index contributed by atoms with van der Waals surface area (Å²) in [6.07, 6.45) is 1.49. The topological polar surface area (TPSA) is 95.2 Å². The average Bonchev–Trinajstić information content (AvgIpc) is 3.20. The van der Waals surface area contributed by atoms with Gasteiger partial charge in [0.25, 0.3) is 11.8 Å². The van der Waals surface area contributed by atoms with Gasteiger partial charge >= 0.3 is 6.03 Å². The van der Waals surface area contributed by atoms with Gasteiger partial charge in [0.1, 0.15) is 16.6 Å². The number of aryl methyl sites for hydroxylation is 2. The van der Waals surface area contributed by atoms with E-state index < -0.39 is 17.8 Å². The summed E-state index contributed by atoms with van der Waals surface area (Å²) in [6, 6.07) is 10.00. The highest BCUT2D eigenvalue weighted by Gasteiger charge is 2.37. The summed E-state index contributed by atoms with van der Waals surface area (Å²) in [4.78, 5) is 40.2. The Hall–Kier alpha value is -3.48. The zero-order valence-electron chi connectivity index (χ0n) is 18.3. The molecular formula is C24H19BrN4O3S. The van der Waals surface area contributed by atoms with Crippen LogP contribution in [0.5, 0.6) is 0 Å². The highest BCUT2D eigenvalue weighted by Crippen LogP contribution is 2.34. The molecule has 0 aliphatic carbocycles. The average molecular weight is 523 g/mol. The van der Waals surface area contributed by atoms with Crippen molar-refractivity contribution >= 4 is 56.9 Å². The number of hydrogen-bond acceptors (Lipinski definition) is 5. The number of imide groups is 2. The van der Waals surface area contributed by atoms with Crippen molar-refractivity contribution in [3.8, 4) is 11.1 Å². The van der Waals surface area contributed by atoms with Gasteiger partial charge in [0.2, 0.25) is 0 Å². The maximum absolute atomic E-state index is 13.2. The van der Waals surface area contributed by atoms with Crippen LogP contribution in [0.2, 0.25) is 0 Å². The van der Waals surface area contributed by atoms with Gasteiger partial charge < -0.3 is 4.57 Å². The van der Waals surface area contributed by atoms with Crippen molar-refractivity contribution in [1.82, 2.24) is 9.88 Å². The van der Waals surface area contributed by atoms with Gasteiger partial charge in [-0.05, 0) is 75.2 Å². The number of amides is 4. The Bertz CT molecular complexity index is 1410. The Balaban J connectivity index is 1.80. The first-order chi connectivity index (χ1) is 15.6. The molecule has 7 nitrogen and oxygen atoms in total. The second kappa shape index (κ2) is 8.46. The first kappa shape index (κ1) is 22.7. The zero-order valence-corrected chi connectivity index (χ0v) is 20.7. The number of nitrogens with one attached hydrogen (secondary N) is 1. The zero-order chi connectivity index (χ0) is 24.0. The predicted molar refractivity (Wildman–Crippen MR) is 130 cm³/mol. The molecule has 0 spiro atoms. The predicted octanol–water partition coefficient (Wildman–Crippen LogP) is 5.07. The number of benzene rings is 1. The van der Waals surface area contributed by atoms with E-state index in [4.69, 9.17) is 0 Å². The van der Waals surface area contributed by atoms with Crippen molar-refractivity contribution in [2.75, 3.05) is 4.90 Å². The summed E-state index contributed by atoms with van der Waals surface area (Å²) in [5.74, 6) is -1.44. The fraction of sp³-hybridized carbons (Fsp3) is 0.167. The van der Waals surface area contributed by atoms with Crippen LogP contribution in [0, 0.1) is 39.0 Å². The lowest BCUT2D eigenvalue weighted by Gasteiger charge is -2.26. The molecule has 1 aromatic carbocycles. The molecule has 0 bridgehead atoms. The van der Waals surface area contributed by atoms with Crippen LogP contribution >= 0.6 is 27.3 Å². The lowest BCUT2D eigenvalue weighted by molar-refractivity contribution is -0.122. The van der Waals surface area contributed by atoms with Crippen molar-refractivity contribution in [3.63, 3.8) is 0 Å². The molecule has 1 aliphatic rings. The van der Waals surface area contributed by atoms with Crippen LogP contribution in [0.25, 0.3) is 11.1 Å². The van der Waals surface area contributed by atoms with Gasteiger partial charge in [-0.1, -0.05) is 15.9 Å². The van der Waals surface area contributed by atoms with Crippen molar-refractivity contribution < 1.29 is 14.4 Å². The number of barbiturate groups is 1. The van der Waals surface area contributed by atoms with Crippen LogP contribution in [-0.2, 0) is 9.59 Å². The smallest absolute Gasteiger partial charge is 0.308 e. The Morgan fingerprint density at radius 3 is 2.39 bits per heavy atom. The van der Waals surface area contributed by atoms with Crippen molar-refractivity contribution in [2.45, 2.75) is 27.7 Å². The summed E-state index contributed by atoms with van der Waals surface area (Å²) in [5.41, 5.74) is 4.06. The summed E-state index contributed by atoms with van der Waals surface area (Å²) >= 11 is 4.85. The highest BCUT2D eigenvalue weighted by molar-refractivity contribution is 9.10. The van der Waals surface area contributed by atoms with Crippen LogP contribution in [0.1, 0.15) is 33.0 Å². The standard InChI is InChI=1S/C24H19BrN4O3S/c1-12-9-16(14(3)28(12)23-20(11-26)13(2)15(4)33-23)10-19-21(30)27-24(32)29(22(19)31)18-7-5-17(25)6-8-18/h5-10H,1-4H3,(H,27,30,32)/b19-10+. The van der Waals surface area contributed by atoms with E-state index in [0.717, 1.165) is 36.2 Å². The third kappa shape index (κ3) is 3.81. The number of anilines is 1. The molecule has 4 amide bonds. The lowest BCUT2D eigenvalue weighted by Crippen LogP contribution is -2.54. The minimum absolute atomic E-state index is 0.142. The molecule has 1 aliphatic heterocycles. The number of thiophene rings is 1. The molecule has 2 aromatic heterocycles. The van der Waals surface area contributed by atoms with Crippen LogP contribution in [-0.4, -0.2) is 22.4 Å². The van der Waals surface area contributed by atoms with E-state index in [9.17, 15) is 19.6 Å². The number of carbonyl (C=O) groups excluding carboxylic acids is 3. The van der Waals surface area contributed by atoms with Crippen molar-refractivity contribution in [1.29, 1.82) is 5.26 Å². The number of aromatic nitrogens is 1. The fourth-order valence-electron chi connectivity index (χ4n) is 3.78. The number of carbonyl (C=O) groups is 3. The van der Waals surface area contributed by atoms with Gasteiger partial charge in [-0.2, -0.15) is 5.26 Å². The van der Waals surface area contributed by atoms with Gasteiger partial charge in [-0.3, -0.25) is 14.9 Å². The molecule has 166 valence electrons. The van der Waals surface area contributed by atoms with E-state index in [1.165, 1.54) is 17.4 Å². The lowest BCUT2D eigenvalue weighted by atomic mass is 10.1. The molecule has 4 rings (SSSR count). The maximum atomic E-state index is 13.2. The Kier molecular flexibility index (Phi) is 5.82. The number of halogens is 1. The van der Waals surface area contributed by atoms with E-state index in [2.05, 4.69) is 27.3 Å². The van der Waals surface area contributed by atoms with Crippen molar-refractivity contribution in [2.24, 2.45) is 0 Å². The molecule has 33 heavy (non-hydrogen) atoms. The molecule has 0 atom stereocenters. The number of nitrogens with zero attached hydrogens (tertiary/aromatic N) is 3. The maximum Gasteiger partial charge on any atom is 0.335 e. The van der Waals surface area contributed by atoms with Crippen LogP contribution in [0.4, 0.5) is 10.5 Å². The minimum Gasteiger partial charge on any atom is -0.308 e. The Morgan fingerprint density at radius 2 is 1.76 bits per heavy atom. The summed E-state index contributed by atoms with van der Waals surface area (Å²) in [7, 11) is 0. The highest BCUT2D eigenvalue weighted by atomic mass is 79.9. The second-order valence-corrected chi connectivity index (χ2v) is 9.79. The van der Waals surface area contributed by atoms with Gasteiger partial charge in [0.05, 0.1) is 11.3 Å². The normalized spacial score (nSPS) is 15.2. The summed E-state index contributed by atoms with van der Waals surface area (Å²) in [6.45, 7) is 7.67. The number of urea groups is 1. The second-order valence-electron chi connectivity index (χ2n) is 7.67. The van der Waals surface area contributed by atoms with Gasteiger partial charge in [0, 0.05) is 20.7 Å². The Labute approximate surface area is 203 Å². The molecule has 9 heteroatoms. The molecule has 3 aromatic rings. The van der Waals surface area contributed by atoms with Crippen LogP contribution in [0.15, 0.2) is 40.4 Å². The van der Waals surface area contributed by atoms with Crippen LogP contribution < -0.4 is 10.2 Å². The fourth-order valence-corrected chi connectivity index (χ4v) is 5.26. The van der Waals surface area contributed by atoms with E-state index in [0.29, 0.717) is 16.8 Å². The van der Waals surface area contributed by atoms with E-state index in [1.54, 1.807) is 24.3 Å². The molecule has 1 saturated heterocycles. The third-order valence-corrected chi connectivity index (χ3v) is 7.36. The first-order valence-corrected chi connectivity index (χ1v) is 11.6. The quantitative estimate of drug-likeness (QED) is 0.383. The molecule has 0 unspecified atom stereocenters. The number of hydrogen-bond donors (Lipinski definition) is 1. The largest absolute Gasteiger partial charge is 0.335 e. The number of nitriles is 1. The van der Waals surface area contributed by atoms with Gasteiger partial charge in [-0.15, -0.1) is 11.3 Å². The molecule has 1 fully saturated rings. The van der Waals surface area contributed by atoms with Crippen LogP contribution in [0.3, 0.4) is 0 Å². The summed E-state index contributed by atoms with van der Waals surface area (Å²) in [5, 5.41) is 12.7. The third-order valence-electron chi connectivity index (χ3n) is 5.64. The molecule has 0 radical (unpaired) electrons. The Morgan fingerprint density at radius 1 is 1.09 bits per heavy atom. The molecule has 0 saturated carbocycles.